The highest BCUT2D eigenvalue weighted by Crippen LogP contribution is 2.19. The number of rotatable bonds is 1. The van der Waals surface area contributed by atoms with Gasteiger partial charge in [-0.05, 0) is 6.92 Å². The van der Waals surface area contributed by atoms with Gasteiger partial charge in [0.2, 0.25) is 0 Å². The lowest BCUT2D eigenvalue weighted by atomic mass is 9.90. The molecule has 3 nitrogen and oxygen atoms in total. The Morgan fingerprint density at radius 1 is 1.50 bits per heavy atom. The molecule has 1 rings (SSSR count). The van der Waals surface area contributed by atoms with E-state index >= 15 is 0 Å². The quantitative estimate of drug-likeness (QED) is 0.638. The molecule has 1 N–H and O–H groups in total. The Bertz CT molecular complexity index is 183. The van der Waals surface area contributed by atoms with Gasteiger partial charge in [0, 0.05) is 11.5 Å². The molecule has 70 valence electrons. The first kappa shape index (κ1) is 9.68. The Morgan fingerprint density at radius 2 is 2.08 bits per heavy atom. The molecule has 2 unspecified atom stereocenters. The van der Waals surface area contributed by atoms with Gasteiger partial charge in [-0.1, -0.05) is 20.8 Å². The standard InChI is InChI=1S/C9H17NO2/c1-6-5-12-8(10-6)7(11)9(2,3)4/h6,8,10H,5H2,1-4H3. The van der Waals surface area contributed by atoms with Crippen LogP contribution in [-0.2, 0) is 9.53 Å². The number of carbonyl (C=O) groups is 1. The van der Waals surface area contributed by atoms with E-state index in [0.29, 0.717) is 12.6 Å². The fourth-order valence-corrected chi connectivity index (χ4v) is 1.14. The van der Waals surface area contributed by atoms with Crippen molar-refractivity contribution in [1.29, 1.82) is 0 Å². The van der Waals surface area contributed by atoms with Crippen molar-refractivity contribution in [3.05, 3.63) is 0 Å². The van der Waals surface area contributed by atoms with Gasteiger partial charge in [-0.15, -0.1) is 0 Å². The van der Waals surface area contributed by atoms with E-state index in [4.69, 9.17) is 4.74 Å². The van der Waals surface area contributed by atoms with E-state index < -0.39 is 0 Å². The molecular weight excluding hydrogens is 154 g/mol. The molecule has 0 saturated carbocycles. The highest BCUT2D eigenvalue weighted by atomic mass is 16.5. The molecule has 1 aliphatic rings. The fourth-order valence-electron chi connectivity index (χ4n) is 1.14. The van der Waals surface area contributed by atoms with Crippen molar-refractivity contribution >= 4 is 5.78 Å². The molecule has 2 atom stereocenters. The number of ether oxygens (including phenoxy) is 1. The molecule has 0 spiro atoms. The summed E-state index contributed by atoms with van der Waals surface area (Å²) in [5, 5.41) is 3.09. The monoisotopic (exact) mass is 171 g/mol. The van der Waals surface area contributed by atoms with Gasteiger partial charge in [-0.3, -0.25) is 10.1 Å². The Labute approximate surface area is 73.5 Å². The molecular formula is C9H17NO2. The van der Waals surface area contributed by atoms with Gasteiger partial charge >= 0.3 is 0 Å². The van der Waals surface area contributed by atoms with Crippen LogP contribution in [0.25, 0.3) is 0 Å². The van der Waals surface area contributed by atoms with Crippen LogP contribution in [0.2, 0.25) is 0 Å². The molecule has 1 aliphatic heterocycles. The summed E-state index contributed by atoms with van der Waals surface area (Å²) in [6, 6.07) is 0.293. The Hall–Kier alpha value is -0.410. The highest BCUT2D eigenvalue weighted by Gasteiger charge is 2.34. The number of Topliss-reactive ketones (excluding diaryl/α,β-unsaturated/α-hetero) is 1. The third-order valence-corrected chi connectivity index (χ3v) is 1.93. The number of nitrogens with one attached hydrogen (secondary N) is 1. The van der Waals surface area contributed by atoms with Gasteiger partial charge in [0.15, 0.2) is 12.0 Å². The first-order valence-electron chi connectivity index (χ1n) is 4.33. The maximum Gasteiger partial charge on any atom is 0.181 e. The van der Waals surface area contributed by atoms with E-state index in [9.17, 15) is 4.79 Å². The van der Waals surface area contributed by atoms with Crippen molar-refractivity contribution in [2.24, 2.45) is 5.41 Å². The average Bonchev–Trinajstić information content (AvgIpc) is 2.32. The van der Waals surface area contributed by atoms with Gasteiger partial charge in [0.1, 0.15) is 0 Å². The maximum absolute atomic E-state index is 11.6. The van der Waals surface area contributed by atoms with Crippen molar-refractivity contribution in [3.8, 4) is 0 Å². The highest BCUT2D eigenvalue weighted by molar-refractivity contribution is 5.87. The first-order valence-corrected chi connectivity index (χ1v) is 4.33. The lowest BCUT2D eigenvalue weighted by Crippen LogP contribution is -2.41. The average molecular weight is 171 g/mol. The van der Waals surface area contributed by atoms with Crippen molar-refractivity contribution in [2.75, 3.05) is 6.61 Å². The van der Waals surface area contributed by atoms with Crippen LogP contribution in [0.1, 0.15) is 27.7 Å². The summed E-state index contributed by atoms with van der Waals surface area (Å²) in [5.41, 5.74) is -0.318. The van der Waals surface area contributed by atoms with E-state index in [1.54, 1.807) is 0 Å². The first-order chi connectivity index (χ1) is 5.41. The lowest BCUT2D eigenvalue weighted by molar-refractivity contribution is -0.136. The minimum atomic E-state index is -0.389. The van der Waals surface area contributed by atoms with Gasteiger partial charge < -0.3 is 4.74 Å². The van der Waals surface area contributed by atoms with Crippen molar-refractivity contribution in [3.63, 3.8) is 0 Å². The molecule has 12 heavy (non-hydrogen) atoms. The minimum Gasteiger partial charge on any atom is -0.354 e. The third-order valence-electron chi connectivity index (χ3n) is 1.93. The largest absolute Gasteiger partial charge is 0.354 e. The van der Waals surface area contributed by atoms with Crippen LogP contribution in [0.5, 0.6) is 0 Å². The number of ketones is 1. The third kappa shape index (κ3) is 2.05. The smallest absolute Gasteiger partial charge is 0.181 e. The normalized spacial score (nSPS) is 30.7. The minimum absolute atomic E-state index is 0.131. The van der Waals surface area contributed by atoms with Crippen LogP contribution in [0.3, 0.4) is 0 Å². The molecule has 0 bridgehead atoms. The summed E-state index contributed by atoms with van der Waals surface area (Å²) < 4.78 is 5.29. The van der Waals surface area contributed by atoms with Gasteiger partial charge in [-0.25, -0.2) is 0 Å². The van der Waals surface area contributed by atoms with Crippen LogP contribution in [-0.4, -0.2) is 24.7 Å². The molecule has 0 aromatic carbocycles. The zero-order valence-corrected chi connectivity index (χ0v) is 8.18. The van der Waals surface area contributed by atoms with Crippen LogP contribution >= 0.6 is 0 Å². The Balaban J connectivity index is 2.55. The van der Waals surface area contributed by atoms with Crippen molar-refractivity contribution in [2.45, 2.75) is 40.0 Å². The summed E-state index contributed by atoms with van der Waals surface area (Å²) >= 11 is 0. The van der Waals surface area contributed by atoms with E-state index in [1.165, 1.54) is 0 Å². The zero-order valence-electron chi connectivity index (χ0n) is 8.18. The van der Waals surface area contributed by atoms with Crippen LogP contribution in [0.15, 0.2) is 0 Å². The predicted molar refractivity (Wildman–Crippen MR) is 46.8 cm³/mol. The summed E-state index contributed by atoms with van der Waals surface area (Å²) in [5.74, 6) is 0.131. The molecule has 1 heterocycles. The second-order valence-electron chi connectivity index (χ2n) is 4.40. The Morgan fingerprint density at radius 3 is 2.42 bits per heavy atom. The molecule has 0 aromatic heterocycles. The van der Waals surface area contributed by atoms with E-state index in [-0.39, 0.29) is 17.4 Å². The number of carbonyl (C=O) groups excluding carboxylic acids is 1. The van der Waals surface area contributed by atoms with Crippen LogP contribution in [0.4, 0.5) is 0 Å². The summed E-state index contributed by atoms with van der Waals surface area (Å²) in [7, 11) is 0. The van der Waals surface area contributed by atoms with Crippen LogP contribution < -0.4 is 5.32 Å². The molecule has 0 aromatic rings. The molecule has 3 heteroatoms. The van der Waals surface area contributed by atoms with E-state index in [2.05, 4.69) is 5.32 Å². The summed E-state index contributed by atoms with van der Waals surface area (Å²) in [6.07, 6.45) is -0.389. The molecule has 1 fully saturated rings. The summed E-state index contributed by atoms with van der Waals surface area (Å²) in [6.45, 7) is 8.36. The fraction of sp³-hybridized carbons (Fsp3) is 0.889. The molecule has 0 amide bonds. The molecule has 0 radical (unpaired) electrons. The molecule has 0 aliphatic carbocycles. The van der Waals surface area contributed by atoms with E-state index in [1.807, 2.05) is 27.7 Å². The van der Waals surface area contributed by atoms with Gasteiger partial charge in [-0.2, -0.15) is 0 Å². The van der Waals surface area contributed by atoms with Gasteiger partial charge in [0.05, 0.1) is 6.61 Å². The number of hydrogen-bond donors (Lipinski definition) is 1. The predicted octanol–water partition coefficient (Wildman–Crippen LogP) is 0.936. The zero-order chi connectivity index (χ0) is 9.35. The van der Waals surface area contributed by atoms with Gasteiger partial charge in [0.25, 0.3) is 0 Å². The van der Waals surface area contributed by atoms with Crippen LogP contribution in [0, 0.1) is 5.41 Å². The van der Waals surface area contributed by atoms with Crippen molar-refractivity contribution in [1.82, 2.24) is 5.32 Å². The topological polar surface area (TPSA) is 38.3 Å². The second kappa shape index (κ2) is 3.15. The Kier molecular flexibility index (Phi) is 2.54. The summed E-state index contributed by atoms with van der Waals surface area (Å²) in [4.78, 5) is 11.6. The van der Waals surface area contributed by atoms with E-state index in [0.717, 1.165) is 0 Å². The number of hydrogen-bond acceptors (Lipinski definition) is 3. The maximum atomic E-state index is 11.6. The SMILES string of the molecule is CC1COC(C(=O)C(C)(C)C)N1. The lowest BCUT2D eigenvalue weighted by Gasteiger charge is -2.20. The second-order valence-corrected chi connectivity index (χ2v) is 4.40. The van der Waals surface area contributed by atoms with Crippen molar-refractivity contribution < 1.29 is 9.53 Å². The molecule has 1 saturated heterocycles.